The third-order valence-corrected chi connectivity index (χ3v) is 4.10. The molecule has 0 saturated carbocycles. The normalized spacial score (nSPS) is 10.6. The molecule has 0 heterocycles. The molecule has 2 N–H and O–H groups in total. The maximum absolute atomic E-state index is 12.0. The van der Waals surface area contributed by atoms with Crippen molar-refractivity contribution in [1.82, 2.24) is 5.32 Å². The highest BCUT2D eigenvalue weighted by Gasteiger charge is 2.05. The monoisotopic (exact) mass is 388 g/mol. The summed E-state index contributed by atoms with van der Waals surface area (Å²) in [6, 6.07) is 26.7. The number of amides is 1. The molecule has 6 heteroatoms. The molecule has 1 amide bonds. The Balaban J connectivity index is 1.46. The van der Waals surface area contributed by atoms with Gasteiger partial charge in [-0.25, -0.2) is 0 Å². The van der Waals surface area contributed by atoms with Crippen molar-refractivity contribution in [2.24, 2.45) is 10.2 Å². The number of thiocarbonyl (C=S) groups is 1. The minimum Gasteiger partial charge on any atom is -0.332 e. The number of nitrogens with zero attached hydrogens (tertiary/aromatic N) is 2. The van der Waals surface area contributed by atoms with Crippen LogP contribution in [0.4, 0.5) is 17.1 Å². The summed E-state index contributed by atoms with van der Waals surface area (Å²) < 4.78 is 0. The fourth-order valence-corrected chi connectivity index (χ4v) is 2.71. The maximum atomic E-state index is 12.0. The number of nitrogens with one attached hydrogen (secondary N) is 2. The van der Waals surface area contributed by atoms with Gasteiger partial charge in [0.1, 0.15) is 0 Å². The zero-order valence-electron chi connectivity index (χ0n) is 15.2. The first-order chi connectivity index (χ1) is 13.7. The molecule has 0 bridgehead atoms. The molecule has 3 aromatic rings. The molecular weight excluding hydrogens is 368 g/mol. The molecule has 3 rings (SSSR count). The van der Waals surface area contributed by atoms with E-state index in [4.69, 9.17) is 12.2 Å². The quantitative estimate of drug-likeness (QED) is 0.430. The van der Waals surface area contributed by atoms with E-state index in [0.29, 0.717) is 12.8 Å². The van der Waals surface area contributed by atoms with Crippen molar-refractivity contribution in [3.8, 4) is 0 Å². The molecule has 0 spiro atoms. The van der Waals surface area contributed by atoms with Crippen LogP contribution < -0.4 is 10.6 Å². The topological polar surface area (TPSA) is 65.8 Å². The number of rotatable bonds is 6. The van der Waals surface area contributed by atoms with Crippen molar-refractivity contribution in [1.29, 1.82) is 0 Å². The van der Waals surface area contributed by atoms with Crippen LogP contribution in [0.15, 0.2) is 95.2 Å². The van der Waals surface area contributed by atoms with E-state index in [1.54, 1.807) is 0 Å². The van der Waals surface area contributed by atoms with Gasteiger partial charge >= 0.3 is 0 Å². The van der Waals surface area contributed by atoms with Crippen LogP contribution in [0.2, 0.25) is 0 Å². The minimum atomic E-state index is -0.116. The molecule has 0 aliphatic carbocycles. The van der Waals surface area contributed by atoms with Gasteiger partial charge in [-0.15, -0.1) is 0 Å². The lowest BCUT2D eigenvalue weighted by molar-refractivity contribution is -0.119. The van der Waals surface area contributed by atoms with Gasteiger partial charge in [-0.2, -0.15) is 10.2 Å². The Labute approximate surface area is 169 Å². The van der Waals surface area contributed by atoms with Crippen molar-refractivity contribution in [3.05, 3.63) is 90.5 Å². The lowest BCUT2D eigenvalue weighted by Crippen LogP contribution is -2.34. The maximum Gasteiger partial charge on any atom is 0.226 e. The average Bonchev–Trinajstić information content (AvgIpc) is 2.73. The lowest BCUT2D eigenvalue weighted by Gasteiger charge is -2.09. The van der Waals surface area contributed by atoms with E-state index in [0.717, 1.165) is 22.6 Å². The number of azo groups is 1. The Morgan fingerprint density at radius 2 is 1.36 bits per heavy atom. The molecule has 0 unspecified atom stereocenters. The highest BCUT2D eigenvalue weighted by atomic mass is 32.1. The fraction of sp³-hybridized carbons (Fsp3) is 0.0909. The van der Waals surface area contributed by atoms with Crippen LogP contribution in [0.5, 0.6) is 0 Å². The van der Waals surface area contributed by atoms with Crippen LogP contribution in [0.25, 0.3) is 0 Å². The second-order valence-electron chi connectivity index (χ2n) is 6.07. The molecule has 0 atom stereocenters. The van der Waals surface area contributed by atoms with Gasteiger partial charge in [-0.1, -0.05) is 48.5 Å². The number of aryl methyl sites for hydroxylation is 1. The van der Waals surface area contributed by atoms with E-state index in [1.165, 1.54) is 0 Å². The van der Waals surface area contributed by atoms with Crippen LogP contribution >= 0.6 is 12.2 Å². The van der Waals surface area contributed by atoms with Crippen LogP contribution in [-0.4, -0.2) is 11.0 Å². The summed E-state index contributed by atoms with van der Waals surface area (Å²) in [4.78, 5) is 12.0. The third kappa shape index (κ3) is 6.41. The molecule has 0 radical (unpaired) electrons. The Morgan fingerprint density at radius 1 is 0.786 bits per heavy atom. The predicted octanol–water partition coefficient (Wildman–Crippen LogP) is 5.55. The summed E-state index contributed by atoms with van der Waals surface area (Å²) in [6.45, 7) is 0. The van der Waals surface area contributed by atoms with Crippen molar-refractivity contribution in [3.63, 3.8) is 0 Å². The summed E-state index contributed by atoms with van der Waals surface area (Å²) in [5.41, 5.74) is 3.42. The molecule has 0 aliphatic heterocycles. The van der Waals surface area contributed by atoms with Gasteiger partial charge in [-0.05, 0) is 60.6 Å². The van der Waals surface area contributed by atoms with E-state index in [-0.39, 0.29) is 11.0 Å². The number of hydrogen-bond donors (Lipinski definition) is 2. The molecule has 0 aromatic heterocycles. The number of carbonyl (C=O) groups is 1. The van der Waals surface area contributed by atoms with Crippen LogP contribution in [0.3, 0.4) is 0 Å². The van der Waals surface area contributed by atoms with Crippen molar-refractivity contribution < 1.29 is 4.79 Å². The lowest BCUT2D eigenvalue weighted by atomic mass is 10.1. The van der Waals surface area contributed by atoms with Crippen molar-refractivity contribution in [2.75, 3.05) is 5.32 Å². The molecule has 5 nitrogen and oxygen atoms in total. The largest absolute Gasteiger partial charge is 0.332 e. The van der Waals surface area contributed by atoms with Gasteiger partial charge < -0.3 is 10.6 Å². The van der Waals surface area contributed by atoms with Gasteiger partial charge in [0.05, 0.1) is 11.4 Å². The number of benzene rings is 3. The zero-order valence-corrected chi connectivity index (χ0v) is 16.0. The number of hydrogen-bond acceptors (Lipinski definition) is 4. The minimum absolute atomic E-state index is 0.116. The first kappa shape index (κ1) is 19.4. The molecule has 0 fully saturated rings. The molecule has 0 aliphatic rings. The van der Waals surface area contributed by atoms with Gasteiger partial charge in [-0.3, -0.25) is 4.79 Å². The number of carbonyl (C=O) groups excluding carboxylic acids is 1. The first-order valence-corrected chi connectivity index (χ1v) is 9.31. The van der Waals surface area contributed by atoms with Gasteiger partial charge in [0.2, 0.25) is 5.91 Å². The Morgan fingerprint density at radius 3 is 2.00 bits per heavy atom. The highest BCUT2D eigenvalue weighted by Crippen LogP contribution is 2.20. The standard InChI is InChI=1S/C22H20N4OS/c27-21(16-11-17-7-3-1-4-8-17)24-22(28)23-18-12-14-20(15-13-18)26-25-19-9-5-2-6-10-19/h1-10,12-15H,11,16H2,(H2,23,24,27,28). The Hall–Kier alpha value is -3.38. The van der Waals surface area contributed by atoms with Gasteiger partial charge in [0.15, 0.2) is 5.11 Å². The van der Waals surface area contributed by atoms with Crippen LogP contribution in [-0.2, 0) is 11.2 Å². The SMILES string of the molecule is O=C(CCc1ccccc1)NC(=S)Nc1ccc(N=Nc2ccccc2)cc1. The first-order valence-electron chi connectivity index (χ1n) is 8.91. The Kier molecular flexibility index (Phi) is 6.98. The number of anilines is 1. The van der Waals surface area contributed by atoms with Crippen LogP contribution in [0.1, 0.15) is 12.0 Å². The average molecular weight is 388 g/mol. The van der Waals surface area contributed by atoms with Gasteiger partial charge in [0, 0.05) is 12.1 Å². The van der Waals surface area contributed by atoms with Gasteiger partial charge in [0.25, 0.3) is 0 Å². The van der Waals surface area contributed by atoms with E-state index in [2.05, 4.69) is 20.9 Å². The van der Waals surface area contributed by atoms with E-state index in [1.807, 2.05) is 84.9 Å². The highest BCUT2D eigenvalue weighted by molar-refractivity contribution is 7.80. The fourth-order valence-electron chi connectivity index (χ4n) is 2.48. The third-order valence-electron chi connectivity index (χ3n) is 3.90. The molecule has 0 saturated heterocycles. The summed E-state index contributed by atoms with van der Waals surface area (Å²) in [5, 5.41) is 14.3. The second-order valence-corrected chi connectivity index (χ2v) is 6.48. The Bertz CT molecular complexity index is 941. The second kappa shape index (κ2) is 10.1. The van der Waals surface area contributed by atoms with Crippen molar-refractivity contribution >= 4 is 40.3 Å². The molecular formula is C22H20N4OS. The summed E-state index contributed by atoms with van der Waals surface area (Å²) >= 11 is 5.21. The summed E-state index contributed by atoms with van der Waals surface area (Å²) in [6.07, 6.45) is 1.06. The predicted molar refractivity (Wildman–Crippen MR) is 116 cm³/mol. The van der Waals surface area contributed by atoms with Crippen LogP contribution in [0, 0.1) is 0 Å². The molecule has 3 aromatic carbocycles. The molecule has 28 heavy (non-hydrogen) atoms. The zero-order chi connectivity index (χ0) is 19.6. The van der Waals surface area contributed by atoms with Crippen molar-refractivity contribution in [2.45, 2.75) is 12.8 Å². The smallest absolute Gasteiger partial charge is 0.226 e. The van der Waals surface area contributed by atoms with E-state index in [9.17, 15) is 4.79 Å². The van der Waals surface area contributed by atoms with E-state index >= 15 is 0 Å². The summed E-state index contributed by atoms with van der Waals surface area (Å²) in [5.74, 6) is -0.116. The molecule has 140 valence electrons. The summed E-state index contributed by atoms with van der Waals surface area (Å²) in [7, 11) is 0. The van der Waals surface area contributed by atoms with E-state index < -0.39 is 0 Å².